The highest BCUT2D eigenvalue weighted by molar-refractivity contribution is 7.15. The highest BCUT2D eigenvalue weighted by Crippen LogP contribution is 2.29. The van der Waals surface area contributed by atoms with Crippen LogP contribution in [0.2, 0.25) is 15.2 Å². The summed E-state index contributed by atoms with van der Waals surface area (Å²) in [5.41, 5.74) is 1.32. The first-order valence-corrected chi connectivity index (χ1v) is 8.78. The van der Waals surface area contributed by atoms with Crippen LogP contribution in [0.3, 0.4) is 0 Å². The monoisotopic (exact) mass is 397 g/mol. The fourth-order valence-electron chi connectivity index (χ4n) is 2.00. The van der Waals surface area contributed by atoms with Crippen LogP contribution in [0, 0.1) is 0 Å². The van der Waals surface area contributed by atoms with E-state index in [0.29, 0.717) is 32.3 Å². The van der Waals surface area contributed by atoms with Gasteiger partial charge in [-0.25, -0.2) is 9.97 Å². The van der Waals surface area contributed by atoms with Gasteiger partial charge in [-0.1, -0.05) is 46.9 Å². The lowest BCUT2D eigenvalue weighted by molar-refractivity contribution is 0.102. The Hall–Kier alpha value is -1.66. The SMILES string of the molecule is O=C(Nc1ncc(Cc2cccc(Cl)c2Cl)s1)c1ccc(Cl)nc1. The number of nitrogens with zero attached hydrogens (tertiary/aromatic N) is 2. The van der Waals surface area contributed by atoms with Crippen LogP contribution in [0.4, 0.5) is 5.13 Å². The molecule has 0 fully saturated rings. The molecule has 0 radical (unpaired) electrons. The summed E-state index contributed by atoms with van der Waals surface area (Å²) in [6.45, 7) is 0. The van der Waals surface area contributed by atoms with Crippen LogP contribution >= 0.6 is 46.1 Å². The Kier molecular flexibility index (Phi) is 5.36. The third-order valence-electron chi connectivity index (χ3n) is 3.16. The molecule has 0 aliphatic heterocycles. The molecule has 0 unspecified atom stereocenters. The van der Waals surface area contributed by atoms with Crippen LogP contribution in [0.1, 0.15) is 20.8 Å². The van der Waals surface area contributed by atoms with Gasteiger partial charge in [0.2, 0.25) is 0 Å². The quantitative estimate of drug-likeness (QED) is 0.603. The molecular weight excluding hydrogens is 389 g/mol. The fourth-order valence-corrected chi connectivity index (χ4v) is 3.33. The summed E-state index contributed by atoms with van der Waals surface area (Å²) in [6.07, 6.45) is 3.71. The molecule has 1 aromatic carbocycles. The third-order valence-corrected chi connectivity index (χ3v) is 5.15. The van der Waals surface area contributed by atoms with E-state index in [1.165, 1.54) is 17.5 Å². The minimum atomic E-state index is -0.291. The summed E-state index contributed by atoms with van der Waals surface area (Å²) >= 11 is 19.3. The number of amides is 1. The van der Waals surface area contributed by atoms with Crippen LogP contribution in [0.5, 0.6) is 0 Å². The van der Waals surface area contributed by atoms with Gasteiger partial charge < -0.3 is 0 Å². The number of hydrogen-bond acceptors (Lipinski definition) is 4. The van der Waals surface area contributed by atoms with Gasteiger partial charge in [0.1, 0.15) is 5.15 Å². The summed E-state index contributed by atoms with van der Waals surface area (Å²) in [5.74, 6) is -0.291. The van der Waals surface area contributed by atoms with Gasteiger partial charge in [0.05, 0.1) is 15.6 Å². The topological polar surface area (TPSA) is 54.9 Å². The van der Waals surface area contributed by atoms with Crippen molar-refractivity contribution in [1.29, 1.82) is 0 Å². The lowest BCUT2D eigenvalue weighted by atomic mass is 10.1. The molecule has 24 heavy (non-hydrogen) atoms. The minimum absolute atomic E-state index is 0.291. The molecule has 1 amide bonds. The molecule has 2 aromatic heterocycles. The first-order valence-electron chi connectivity index (χ1n) is 6.83. The highest BCUT2D eigenvalue weighted by atomic mass is 35.5. The standard InChI is InChI=1S/C16H10Cl3N3OS/c17-12-3-1-2-9(14(12)19)6-11-8-21-16(24-11)22-15(23)10-4-5-13(18)20-7-10/h1-5,7-8H,6H2,(H,21,22,23). The minimum Gasteiger partial charge on any atom is -0.298 e. The van der Waals surface area contributed by atoms with Crippen molar-refractivity contribution in [3.63, 3.8) is 0 Å². The zero-order valence-corrected chi connectivity index (χ0v) is 15.2. The molecule has 122 valence electrons. The second-order valence-electron chi connectivity index (χ2n) is 4.85. The predicted octanol–water partition coefficient (Wildman–Crippen LogP) is 5.34. The van der Waals surface area contributed by atoms with Gasteiger partial charge in [-0.3, -0.25) is 10.1 Å². The second kappa shape index (κ2) is 7.49. The van der Waals surface area contributed by atoms with E-state index in [2.05, 4.69) is 15.3 Å². The second-order valence-corrected chi connectivity index (χ2v) is 7.13. The highest BCUT2D eigenvalue weighted by Gasteiger charge is 2.11. The predicted molar refractivity (Wildman–Crippen MR) is 98.6 cm³/mol. The van der Waals surface area contributed by atoms with Crippen molar-refractivity contribution in [3.05, 3.63) is 73.9 Å². The molecule has 0 aliphatic rings. The number of benzene rings is 1. The molecule has 0 saturated heterocycles. The van der Waals surface area contributed by atoms with E-state index < -0.39 is 0 Å². The van der Waals surface area contributed by atoms with E-state index in [4.69, 9.17) is 34.8 Å². The molecule has 0 spiro atoms. The Morgan fingerprint density at radius 3 is 2.67 bits per heavy atom. The molecule has 8 heteroatoms. The molecule has 1 N–H and O–H groups in total. The fraction of sp³-hybridized carbons (Fsp3) is 0.0625. The first-order chi connectivity index (χ1) is 11.5. The Bertz CT molecular complexity index is 881. The average molecular weight is 399 g/mol. The molecule has 0 aliphatic carbocycles. The van der Waals surface area contributed by atoms with Gasteiger partial charge in [-0.2, -0.15) is 0 Å². The molecule has 3 aromatic rings. The summed E-state index contributed by atoms with van der Waals surface area (Å²) < 4.78 is 0. The number of pyridine rings is 1. The molecule has 3 rings (SSSR count). The molecule has 0 saturated carbocycles. The van der Waals surface area contributed by atoms with E-state index in [0.717, 1.165) is 10.4 Å². The lowest BCUT2D eigenvalue weighted by Gasteiger charge is -2.03. The summed E-state index contributed by atoms with van der Waals surface area (Å²) in [7, 11) is 0. The van der Waals surface area contributed by atoms with E-state index in [1.54, 1.807) is 24.4 Å². The largest absolute Gasteiger partial charge is 0.298 e. The molecule has 4 nitrogen and oxygen atoms in total. The molecule has 0 bridgehead atoms. The van der Waals surface area contributed by atoms with E-state index in [-0.39, 0.29) is 5.91 Å². The smallest absolute Gasteiger partial charge is 0.259 e. The number of carbonyl (C=O) groups excluding carboxylic acids is 1. The van der Waals surface area contributed by atoms with Crippen molar-refractivity contribution < 1.29 is 4.79 Å². The average Bonchev–Trinajstić information content (AvgIpc) is 2.99. The number of thiazole rings is 1. The third kappa shape index (κ3) is 4.05. The van der Waals surface area contributed by atoms with Crippen LogP contribution < -0.4 is 5.32 Å². The van der Waals surface area contributed by atoms with E-state index in [1.807, 2.05) is 12.1 Å². The normalized spacial score (nSPS) is 10.6. The molecular formula is C16H10Cl3N3OS. The Balaban J connectivity index is 1.70. The maximum absolute atomic E-state index is 12.1. The van der Waals surface area contributed by atoms with Gasteiger partial charge in [0, 0.05) is 23.7 Å². The van der Waals surface area contributed by atoms with Gasteiger partial charge in [-0.15, -0.1) is 11.3 Å². The van der Waals surface area contributed by atoms with Crippen molar-refractivity contribution in [2.75, 3.05) is 5.32 Å². The van der Waals surface area contributed by atoms with E-state index >= 15 is 0 Å². The van der Waals surface area contributed by atoms with Crippen molar-refractivity contribution in [3.8, 4) is 0 Å². The summed E-state index contributed by atoms with van der Waals surface area (Å²) in [5, 5.41) is 4.62. The Labute approximate surface area is 157 Å². The Morgan fingerprint density at radius 2 is 1.92 bits per heavy atom. The number of aromatic nitrogens is 2. The zero-order valence-electron chi connectivity index (χ0n) is 12.1. The number of rotatable bonds is 4. The van der Waals surface area contributed by atoms with Crippen molar-refractivity contribution in [1.82, 2.24) is 9.97 Å². The number of halogens is 3. The summed E-state index contributed by atoms with van der Waals surface area (Å²) in [4.78, 5) is 21.2. The van der Waals surface area contributed by atoms with Crippen LogP contribution in [-0.4, -0.2) is 15.9 Å². The van der Waals surface area contributed by atoms with Crippen LogP contribution in [0.25, 0.3) is 0 Å². The number of hydrogen-bond donors (Lipinski definition) is 1. The van der Waals surface area contributed by atoms with Gasteiger partial charge in [-0.05, 0) is 23.8 Å². The van der Waals surface area contributed by atoms with Crippen molar-refractivity contribution in [2.24, 2.45) is 0 Å². The maximum Gasteiger partial charge on any atom is 0.259 e. The van der Waals surface area contributed by atoms with Gasteiger partial charge in [0.25, 0.3) is 5.91 Å². The summed E-state index contributed by atoms with van der Waals surface area (Å²) in [6, 6.07) is 8.66. The first kappa shape index (κ1) is 17.2. The van der Waals surface area contributed by atoms with Gasteiger partial charge >= 0.3 is 0 Å². The van der Waals surface area contributed by atoms with Crippen LogP contribution in [0.15, 0.2) is 42.7 Å². The lowest BCUT2D eigenvalue weighted by Crippen LogP contribution is -2.11. The number of anilines is 1. The zero-order chi connectivity index (χ0) is 17.1. The van der Waals surface area contributed by atoms with Crippen LogP contribution in [-0.2, 0) is 6.42 Å². The van der Waals surface area contributed by atoms with Crippen molar-refractivity contribution in [2.45, 2.75) is 6.42 Å². The van der Waals surface area contributed by atoms with E-state index in [9.17, 15) is 4.79 Å². The number of carbonyl (C=O) groups is 1. The molecule has 2 heterocycles. The van der Waals surface area contributed by atoms with Crippen molar-refractivity contribution >= 4 is 57.2 Å². The Morgan fingerprint density at radius 1 is 1.08 bits per heavy atom. The van der Waals surface area contributed by atoms with Gasteiger partial charge in [0.15, 0.2) is 5.13 Å². The molecule has 0 atom stereocenters. The number of nitrogens with one attached hydrogen (secondary N) is 1. The maximum atomic E-state index is 12.1.